The zero-order chi connectivity index (χ0) is 24.1. The third-order valence-corrected chi connectivity index (χ3v) is 6.47. The normalized spacial score (nSPS) is 10.9. The Labute approximate surface area is 218 Å². The van der Waals surface area contributed by atoms with E-state index in [2.05, 4.69) is 36.8 Å². The molecule has 2 N–H and O–H groups in total. The SMILES string of the molecule is COc1c(Br)cc(Cl)cc1/C=N\NC(=O)c1ccc(-c2csc(Nc3ccc(Cl)cc3)n2)cc1. The van der Waals surface area contributed by atoms with Crippen molar-refractivity contribution in [2.24, 2.45) is 5.10 Å². The van der Waals surface area contributed by atoms with Crippen LogP contribution < -0.4 is 15.5 Å². The van der Waals surface area contributed by atoms with Crippen molar-refractivity contribution in [2.45, 2.75) is 0 Å². The van der Waals surface area contributed by atoms with Crippen LogP contribution in [-0.4, -0.2) is 24.2 Å². The number of rotatable bonds is 7. The molecule has 0 bridgehead atoms. The third kappa shape index (κ3) is 5.95. The lowest BCUT2D eigenvalue weighted by atomic mass is 10.1. The Kier molecular flexibility index (Phi) is 7.84. The summed E-state index contributed by atoms with van der Waals surface area (Å²) in [6, 6.07) is 18.0. The molecule has 172 valence electrons. The number of thiazole rings is 1. The van der Waals surface area contributed by atoms with Crippen LogP contribution in [0.2, 0.25) is 10.0 Å². The van der Waals surface area contributed by atoms with E-state index >= 15 is 0 Å². The van der Waals surface area contributed by atoms with Gasteiger partial charge in [-0.2, -0.15) is 5.10 Å². The summed E-state index contributed by atoms with van der Waals surface area (Å²) in [5.74, 6) is 0.228. The second kappa shape index (κ2) is 11.0. The standard InChI is InChI=1S/C24H17BrCl2N4O2S/c1-33-22-16(10-18(27)11-20(22)25)12-28-31-23(32)15-4-2-14(3-5-15)21-13-34-24(30-21)29-19-8-6-17(26)7-9-19/h2-13H,1H3,(H,29,30)(H,31,32)/b28-12-. The van der Waals surface area contributed by atoms with E-state index in [4.69, 9.17) is 27.9 Å². The molecule has 0 aliphatic rings. The van der Waals surface area contributed by atoms with E-state index in [1.165, 1.54) is 17.6 Å². The Bertz CT molecular complexity index is 1340. The van der Waals surface area contributed by atoms with Crippen LogP contribution in [0, 0.1) is 0 Å². The number of aromatic nitrogens is 1. The number of hydrazone groups is 1. The summed E-state index contributed by atoms with van der Waals surface area (Å²) in [6.45, 7) is 0. The Morgan fingerprint density at radius 2 is 1.82 bits per heavy atom. The van der Waals surface area contributed by atoms with Gasteiger partial charge in [0.25, 0.3) is 5.91 Å². The van der Waals surface area contributed by atoms with Crippen LogP contribution in [-0.2, 0) is 0 Å². The fourth-order valence-electron chi connectivity index (χ4n) is 3.03. The molecule has 34 heavy (non-hydrogen) atoms. The van der Waals surface area contributed by atoms with Gasteiger partial charge in [-0.3, -0.25) is 4.79 Å². The van der Waals surface area contributed by atoms with Crippen molar-refractivity contribution in [3.63, 3.8) is 0 Å². The number of nitrogens with one attached hydrogen (secondary N) is 2. The van der Waals surface area contributed by atoms with E-state index < -0.39 is 0 Å². The Morgan fingerprint density at radius 3 is 2.53 bits per heavy atom. The fraction of sp³-hybridized carbons (Fsp3) is 0.0417. The molecular weight excluding hydrogens is 559 g/mol. The first-order valence-corrected chi connectivity index (χ1v) is 12.3. The average molecular weight is 576 g/mol. The molecule has 0 aliphatic heterocycles. The molecule has 4 rings (SSSR count). The molecule has 10 heteroatoms. The summed E-state index contributed by atoms with van der Waals surface area (Å²) in [5, 5.41) is 11.2. The predicted molar refractivity (Wildman–Crippen MR) is 143 cm³/mol. The van der Waals surface area contributed by atoms with Crippen LogP contribution >= 0.6 is 50.5 Å². The Balaban J connectivity index is 1.40. The molecule has 0 aliphatic carbocycles. The summed E-state index contributed by atoms with van der Waals surface area (Å²) in [7, 11) is 1.55. The zero-order valence-electron chi connectivity index (χ0n) is 17.7. The van der Waals surface area contributed by atoms with Crippen LogP contribution in [0.3, 0.4) is 0 Å². The molecule has 1 amide bonds. The van der Waals surface area contributed by atoms with Crippen molar-refractivity contribution in [3.05, 3.63) is 91.7 Å². The topological polar surface area (TPSA) is 75.6 Å². The molecule has 3 aromatic carbocycles. The highest BCUT2D eigenvalue weighted by molar-refractivity contribution is 9.10. The summed E-state index contributed by atoms with van der Waals surface area (Å²) >= 11 is 16.9. The number of hydrogen-bond donors (Lipinski definition) is 2. The first-order chi connectivity index (χ1) is 16.4. The number of nitrogens with zero attached hydrogens (tertiary/aromatic N) is 2. The smallest absolute Gasteiger partial charge is 0.271 e. The van der Waals surface area contributed by atoms with Crippen LogP contribution in [0.4, 0.5) is 10.8 Å². The zero-order valence-corrected chi connectivity index (χ0v) is 21.6. The minimum atomic E-state index is -0.341. The minimum absolute atomic E-state index is 0.341. The number of hydrogen-bond acceptors (Lipinski definition) is 6. The first kappa shape index (κ1) is 24.2. The molecule has 0 unspecified atom stereocenters. The lowest BCUT2D eigenvalue weighted by Crippen LogP contribution is -2.17. The van der Waals surface area contributed by atoms with Crippen molar-refractivity contribution in [1.29, 1.82) is 0 Å². The maximum absolute atomic E-state index is 12.5. The molecule has 0 radical (unpaired) electrons. The van der Waals surface area contributed by atoms with Gasteiger partial charge in [0, 0.05) is 37.8 Å². The molecule has 6 nitrogen and oxygen atoms in total. The lowest BCUT2D eigenvalue weighted by Gasteiger charge is -2.07. The lowest BCUT2D eigenvalue weighted by molar-refractivity contribution is 0.0955. The molecule has 1 aromatic heterocycles. The number of amides is 1. The summed E-state index contributed by atoms with van der Waals surface area (Å²) in [6.07, 6.45) is 1.48. The highest BCUT2D eigenvalue weighted by Gasteiger charge is 2.10. The molecule has 4 aromatic rings. The van der Waals surface area contributed by atoms with Gasteiger partial charge >= 0.3 is 0 Å². The summed E-state index contributed by atoms with van der Waals surface area (Å²) in [5.41, 5.74) is 6.22. The van der Waals surface area contributed by atoms with E-state index in [1.807, 2.05) is 41.8 Å². The molecule has 0 atom stereocenters. The number of carbonyl (C=O) groups is 1. The van der Waals surface area contributed by atoms with Gasteiger partial charge in [0.2, 0.25) is 0 Å². The largest absolute Gasteiger partial charge is 0.495 e. The second-order valence-corrected chi connectivity index (χ2v) is 9.54. The van der Waals surface area contributed by atoms with Crippen LogP contribution in [0.1, 0.15) is 15.9 Å². The van der Waals surface area contributed by atoms with Gasteiger partial charge in [0.05, 0.1) is 23.5 Å². The van der Waals surface area contributed by atoms with Crippen molar-refractivity contribution in [1.82, 2.24) is 10.4 Å². The molecule has 0 saturated heterocycles. The van der Waals surface area contributed by atoms with Gasteiger partial charge in [0.15, 0.2) is 5.13 Å². The van der Waals surface area contributed by atoms with Crippen LogP contribution in [0.5, 0.6) is 5.75 Å². The van der Waals surface area contributed by atoms with Crippen molar-refractivity contribution < 1.29 is 9.53 Å². The Morgan fingerprint density at radius 1 is 1.09 bits per heavy atom. The summed E-state index contributed by atoms with van der Waals surface area (Å²) in [4.78, 5) is 17.1. The van der Waals surface area contributed by atoms with E-state index in [-0.39, 0.29) is 5.91 Å². The van der Waals surface area contributed by atoms with Gasteiger partial charge in [0.1, 0.15) is 5.75 Å². The quantitative estimate of drug-likeness (QED) is 0.178. The number of methoxy groups -OCH3 is 1. The third-order valence-electron chi connectivity index (χ3n) is 4.65. The Hall–Kier alpha value is -2.91. The molecule has 0 fully saturated rings. The average Bonchev–Trinajstić information content (AvgIpc) is 3.29. The van der Waals surface area contributed by atoms with Gasteiger partial charge < -0.3 is 10.1 Å². The molecule has 0 saturated carbocycles. The van der Waals surface area contributed by atoms with Gasteiger partial charge in [-0.05, 0) is 64.5 Å². The highest BCUT2D eigenvalue weighted by Crippen LogP contribution is 2.31. The number of benzene rings is 3. The molecule has 1 heterocycles. The second-order valence-electron chi connectivity index (χ2n) is 6.96. The van der Waals surface area contributed by atoms with Crippen LogP contribution in [0.25, 0.3) is 11.3 Å². The number of halogens is 3. The van der Waals surface area contributed by atoms with Crippen LogP contribution in [0.15, 0.2) is 75.6 Å². The van der Waals surface area contributed by atoms with Gasteiger partial charge in [-0.15, -0.1) is 11.3 Å². The minimum Gasteiger partial charge on any atom is -0.495 e. The van der Waals surface area contributed by atoms with Gasteiger partial charge in [-0.1, -0.05) is 35.3 Å². The predicted octanol–water partition coefficient (Wildman–Crippen LogP) is 7.40. The number of anilines is 2. The van der Waals surface area contributed by atoms with E-state index in [0.717, 1.165) is 22.1 Å². The maximum Gasteiger partial charge on any atom is 0.271 e. The molecular formula is C24H17BrCl2N4O2S. The maximum atomic E-state index is 12.5. The van der Waals surface area contributed by atoms with E-state index in [9.17, 15) is 4.79 Å². The molecule has 0 spiro atoms. The van der Waals surface area contributed by atoms with E-state index in [0.29, 0.717) is 31.4 Å². The van der Waals surface area contributed by atoms with Crippen molar-refractivity contribution >= 4 is 73.4 Å². The first-order valence-electron chi connectivity index (χ1n) is 9.88. The fourth-order valence-corrected chi connectivity index (χ4v) is 4.89. The van der Waals surface area contributed by atoms with Crippen molar-refractivity contribution in [2.75, 3.05) is 12.4 Å². The van der Waals surface area contributed by atoms with Crippen molar-refractivity contribution in [3.8, 4) is 17.0 Å². The summed E-state index contributed by atoms with van der Waals surface area (Å²) < 4.78 is 6.04. The van der Waals surface area contributed by atoms with E-state index in [1.54, 1.807) is 31.4 Å². The van der Waals surface area contributed by atoms with Gasteiger partial charge in [-0.25, -0.2) is 10.4 Å². The monoisotopic (exact) mass is 574 g/mol. The number of carbonyl (C=O) groups excluding carboxylic acids is 1. The highest BCUT2D eigenvalue weighted by atomic mass is 79.9. The number of ether oxygens (including phenoxy) is 1.